The van der Waals surface area contributed by atoms with Gasteiger partial charge in [0.1, 0.15) is 0 Å². The van der Waals surface area contributed by atoms with Crippen LogP contribution in [0.4, 0.5) is 0 Å². The van der Waals surface area contributed by atoms with Crippen molar-refractivity contribution in [2.75, 3.05) is 11.5 Å². The molecule has 29 heavy (non-hydrogen) atoms. The van der Waals surface area contributed by atoms with Crippen LogP contribution in [0.1, 0.15) is 27.1 Å². The molecule has 0 spiro atoms. The lowest BCUT2D eigenvalue weighted by molar-refractivity contribution is -0.136. The summed E-state index contributed by atoms with van der Waals surface area (Å²) in [5.74, 6) is -4.25. The molecule has 0 saturated carbocycles. The molecule has 0 aliphatic carbocycles. The van der Waals surface area contributed by atoms with Crippen LogP contribution in [0, 0.1) is 6.92 Å². The Morgan fingerprint density at radius 1 is 0.724 bits per heavy atom. The van der Waals surface area contributed by atoms with Crippen LogP contribution in [0.2, 0.25) is 0 Å². The Labute approximate surface area is 168 Å². The molecule has 1 N–H and O–H groups in total. The van der Waals surface area contributed by atoms with Crippen molar-refractivity contribution in [3.8, 4) is 0 Å². The van der Waals surface area contributed by atoms with Crippen molar-refractivity contribution in [2.24, 2.45) is 0 Å². The van der Waals surface area contributed by atoms with Crippen molar-refractivity contribution < 1.29 is 36.3 Å². The number of carbonyl (C=O) groups excluding carboxylic acids is 2. The highest BCUT2D eigenvalue weighted by molar-refractivity contribution is 7.91. The van der Waals surface area contributed by atoms with Gasteiger partial charge in [0, 0.05) is 11.1 Å². The summed E-state index contributed by atoms with van der Waals surface area (Å²) in [6.45, 7) is 5.16. The molecule has 2 aromatic rings. The molecular formula is C19H16O8S2. The van der Waals surface area contributed by atoms with Crippen LogP contribution in [0.25, 0.3) is 0 Å². The average molecular weight is 436 g/mol. The molecule has 0 aliphatic heterocycles. The maximum Gasteiger partial charge on any atom is 0.304 e. The molecule has 0 aromatic heterocycles. The van der Waals surface area contributed by atoms with E-state index >= 15 is 0 Å². The van der Waals surface area contributed by atoms with E-state index in [-0.39, 0.29) is 20.9 Å². The third-order valence-electron chi connectivity index (χ3n) is 3.96. The van der Waals surface area contributed by atoms with Crippen molar-refractivity contribution >= 4 is 37.2 Å². The first-order chi connectivity index (χ1) is 13.5. The molecule has 2 aromatic carbocycles. The summed E-state index contributed by atoms with van der Waals surface area (Å²) in [6.07, 6.45) is -0.558. The lowest BCUT2D eigenvalue weighted by Gasteiger charge is -2.06. The molecule has 152 valence electrons. The van der Waals surface area contributed by atoms with Gasteiger partial charge < -0.3 is 5.11 Å². The smallest absolute Gasteiger partial charge is 0.304 e. The molecule has 2 radical (unpaired) electrons. The van der Waals surface area contributed by atoms with Crippen molar-refractivity contribution in [2.45, 2.75) is 16.2 Å². The Morgan fingerprint density at radius 3 is 1.45 bits per heavy atom. The third kappa shape index (κ3) is 5.36. The first kappa shape index (κ1) is 22.4. The van der Waals surface area contributed by atoms with Crippen LogP contribution in [0.5, 0.6) is 0 Å². The number of aliphatic carboxylic acids is 1. The predicted octanol–water partition coefficient (Wildman–Crippen LogP) is 1.49. The number of sulfone groups is 2. The van der Waals surface area contributed by atoms with Gasteiger partial charge in [-0.05, 0) is 55.5 Å². The number of carboxylic acids is 1. The molecule has 0 bridgehead atoms. The Kier molecular flexibility index (Phi) is 6.70. The second kappa shape index (κ2) is 8.66. The summed E-state index contributed by atoms with van der Waals surface area (Å²) in [5.41, 5.74) is -0.102. The zero-order valence-corrected chi connectivity index (χ0v) is 16.6. The molecular weight excluding hydrogens is 420 g/mol. The number of carbonyl (C=O) groups is 3. The fourth-order valence-electron chi connectivity index (χ4n) is 2.33. The van der Waals surface area contributed by atoms with Crippen LogP contribution >= 0.6 is 0 Å². The third-order valence-corrected chi connectivity index (χ3v) is 7.12. The molecule has 0 aliphatic rings. The van der Waals surface area contributed by atoms with E-state index in [0.717, 1.165) is 24.3 Å². The molecule has 8 nitrogen and oxygen atoms in total. The minimum absolute atomic E-state index is 0.0378. The maximum atomic E-state index is 12.3. The van der Waals surface area contributed by atoms with E-state index in [4.69, 9.17) is 12.0 Å². The topological polar surface area (TPSA) is 140 Å². The highest BCUT2D eigenvalue weighted by atomic mass is 32.2. The average Bonchev–Trinajstić information content (AvgIpc) is 2.71. The van der Waals surface area contributed by atoms with Gasteiger partial charge in [0.2, 0.25) is 11.6 Å². The van der Waals surface area contributed by atoms with Crippen molar-refractivity contribution in [1.29, 1.82) is 0 Å². The van der Waals surface area contributed by atoms with Gasteiger partial charge in [0.15, 0.2) is 19.7 Å². The van der Waals surface area contributed by atoms with Crippen molar-refractivity contribution in [3.63, 3.8) is 0 Å². The molecule has 0 fully saturated rings. The zero-order chi connectivity index (χ0) is 21.8. The number of hydrogen-bond acceptors (Lipinski definition) is 7. The summed E-state index contributed by atoms with van der Waals surface area (Å²) in [6, 6.07) is 9.26. The highest BCUT2D eigenvalue weighted by Crippen LogP contribution is 2.17. The second-order valence-corrected chi connectivity index (χ2v) is 10.1. The van der Waals surface area contributed by atoms with Crippen molar-refractivity contribution in [1.82, 2.24) is 0 Å². The van der Waals surface area contributed by atoms with E-state index in [1.807, 2.05) is 0 Å². The van der Waals surface area contributed by atoms with Gasteiger partial charge in [-0.1, -0.05) is 0 Å². The Hall–Kier alpha value is -2.85. The lowest BCUT2D eigenvalue weighted by atomic mass is 10.0. The van der Waals surface area contributed by atoms with Gasteiger partial charge in [-0.25, -0.2) is 16.8 Å². The molecule has 0 atom stereocenters. The minimum atomic E-state index is -3.84. The Morgan fingerprint density at radius 2 is 1.10 bits per heavy atom. The second-order valence-electron chi connectivity index (χ2n) is 5.95. The maximum absolute atomic E-state index is 12.3. The summed E-state index contributed by atoms with van der Waals surface area (Å²) in [5, 5.41) is 8.60. The number of rotatable bonds is 9. The van der Waals surface area contributed by atoms with Gasteiger partial charge in [-0.15, -0.1) is 0 Å². The van der Waals surface area contributed by atoms with Crippen LogP contribution in [-0.2, 0) is 24.5 Å². The first-order valence-electron chi connectivity index (χ1n) is 8.14. The van der Waals surface area contributed by atoms with Crippen LogP contribution in [0.3, 0.4) is 0 Å². The first-order valence-corrected chi connectivity index (χ1v) is 11.4. The molecule has 0 saturated heterocycles. The summed E-state index contributed by atoms with van der Waals surface area (Å²) in [7, 11) is -7.49. The van der Waals surface area contributed by atoms with E-state index in [0.29, 0.717) is 0 Å². The molecule has 0 amide bonds. The van der Waals surface area contributed by atoms with Gasteiger partial charge in [-0.2, -0.15) is 0 Å². The lowest BCUT2D eigenvalue weighted by Crippen LogP contribution is -2.15. The number of hydrogen-bond donors (Lipinski definition) is 1. The summed E-state index contributed by atoms with van der Waals surface area (Å²) >= 11 is 0. The molecule has 0 unspecified atom stereocenters. The van der Waals surface area contributed by atoms with Crippen LogP contribution in [0.15, 0.2) is 58.3 Å². The normalized spacial score (nSPS) is 11.8. The number of carboxylic acid groups (broad SMARTS) is 1. The predicted molar refractivity (Wildman–Crippen MR) is 102 cm³/mol. The minimum Gasteiger partial charge on any atom is -0.481 e. The molecule has 10 heteroatoms. The van der Waals surface area contributed by atoms with E-state index in [1.165, 1.54) is 24.3 Å². The number of Topliss-reactive ketones (excluding diaryl/α,β-unsaturated/α-hetero) is 2. The van der Waals surface area contributed by atoms with Crippen LogP contribution in [-0.4, -0.2) is 51.0 Å². The Balaban J connectivity index is 2.20. The molecule has 2 rings (SSSR count). The monoisotopic (exact) mass is 436 g/mol. The van der Waals surface area contributed by atoms with Gasteiger partial charge in [0.25, 0.3) is 0 Å². The fourth-order valence-corrected chi connectivity index (χ4v) is 4.30. The molecule has 0 heterocycles. The number of ketones is 2. The zero-order valence-electron chi connectivity index (χ0n) is 14.9. The quantitative estimate of drug-likeness (QED) is 0.460. The van der Waals surface area contributed by atoms with Crippen LogP contribution < -0.4 is 0 Å². The van der Waals surface area contributed by atoms with Gasteiger partial charge in [0.05, 0.1) is 27.7 Å². The van der Waals surface area contributed by atoms with Crippen molar-refractivity contribution in [3.05, 3.63) is 66.6 Å². The largest absolute Gasteiger partial charge is 0.481 e. The van der Waals surface area contributed by atoms with Gasteiger partial charge >= 0.3 is 5.97 Å². The van der Waals surface area contributed by atoms with E-state index in [9.17, 15) is 31.2 Å². The van der Waals surface area contributed by atoms with Gasteiger partial charge in [-0.3, -0.25) is 14.4 Å². The summed E-state index contributed by atoms with van der Waals surface area (Å²) in [4.78, 5) is 35.0. The Bertz CT molecular complexity index is 1140. The standard InChI is InChI=1S/C19H16O8S2/c1-2-28(24,25)15-7-3-13(4-8-15)18(22)19(23)14-5-9-16(10-6-14)29(26,27)12-11-17(20)21/h1,3-10H,2,11-12H2,(H,20,21). The highest BCUT2D eigenvalue weighted by Gasteiger charge is 2.21. The number of benzene rings is 2. The fraction of sp³-hybridized carbons (Fsp3) is 0.158. The van der Waals surface area contributed by atoms with E-state index in [2.05, 4.69) is 0 Å². The van der Waals surface area contributed by atoms with E-state index in [1.54, 1.807) is 0 Å². The summed E-state index contributed by atoms with van der Waals surface area (Å²) < 4.78 is 47.4. The SMILES string of the molecule is [CH]CS(=O)(=O)c1ccc(C(=O)C(=O)c2ccc(S(=O)(=O)CCC(=O)O)cc2)cc1. The van der Waals surface area contributed by atoms with E-state index < -0.39 is 55.1 Å².